The van der Waals surface area contributed by atoms with Gasteiger partial charge in [-0.15, -0.1) is 0 Å². The Morgan fingerprint density at radius 1 is 0.976 bits per heavy atom. The van der Waals surface area contributed by atoms with Crippen molar-refractivity contribution in [1.29, 1.82) is 0 Å². The third-order valence-corrected chi connectivity index (χ3v) is 7.25. The van der Waals surface area contributed by atoms with Gasteiger partial charge in [0.1, 0.15) is 5.82 Å². The third-order valence-electron chi connectivity index (χ3n) is 7.25. The third kappa shape index (κ3) is 6.49. The fourth-order valence-electron chi connectivity index (χ4n) is 4.89. The summed E-state index contributed by atoms with van der Waals surface area (Å²) in [5.74, 6) is -2.35. The molecule has 1 fully saturated rings. The van der Waals surface area contributed by atoms with Gasteiger partial charge in [-0.3, -0.25) is 19.3 Å². The lowest BCUT2D eigenvalue weighted by atomic mass is 9.99. The van der Waals surface area contributed by atoms with Gasteiger partial charge in [0.05, 0.1) is 41.8 Å². The predicted octanol–water partition coefficient (Wildman–Crippen LogP) is 3.45. The molecule has 218 valence electrons. The van der Waals surface area contributed by atoms with Crippen molar-refractivity contribution in [2.75, 3.05) is 64.1 Å². The number of benzene rings is 3. The summed E-state index contributed by atoms with van der Waals surface area (Å²) < 4.78 is 19.9. The van der Waals surface area contributed by atoms with Crippen LogP contribution in [0.25, 0.3) is 11.3 Å². The van der Waals surface area contributed by atoms with Gasteiger partial charge in [-0.1, -0.05) is 36.4 Å². The van der Waals surface area contributed by atoms with E-state index in [1.807, 2.05) is 30.3 Å². The number of carbonyl (C=O) groups excluding carboxylic acids is 3. The Hall–Kier alpha value is -4.58. The number of piperazine rings is 1. The summed E-state index contributed by atoms with van der Waals surface area (Å²) in [7, 11) is 3.36. The normalized spacial score (nSPS) is 16.4. The van der Waals surface area contributed by atoms with E-state index in [0.717, 1.165) is 26.2 Å². The highest BCUT2D eigenvalue weighted by atomic mass is 19.1. The van der Waals surface area contributed by atoms with Crippen molar-refractivity contribution < 1.29 is 28.3 Å². The first-order valence-corrected chi connectivity index (χ1v) is 13.6. The number of likely N-dealkylation sites (N-methyl/N-ethyl adjacent to an activating group) is 1. The molecule has 42 heavy (non-hydrogen) atoms. The SMILES string of the molecule is COC(=O)c1ccc2c(c1)NC(=O)/C2=C(\Nc1ccc(C(=O)NOCCN2CCN(C)CC2)c(F)c1)c1ccccc1. The maximum absolute atomic E-state index is 15.1. The van der Waals surface area contributed by atoms with E-state index in [9.17, 15) is 14.4 Å². The van der Waals surface area contributed by atoms with Gasteiger partial charge >= 0.3 is 5.97 Å². The van der Waals surface area contributed by atoms with Gasteiger partial charge in [-0.25, -0.2) is 14.7 Å². The Bertz CT molecular complexity index is 1520. The second-order valence-corrected chi connectivity index (χ2v) is 10.1. The van der Waals surface area contributed by atoms with Crippen molar-refractivity contribution in [3.05, 3.63) is 94.8 Å². The number of rotatable bonds is 9. The average molecular weight is 574 g/mol. The predicted molar refractivity (Wildman–Crippen MR) is 157 cm³/mol. The van der Waals surface area contributed by atoms with Gasteiger partial charge in [0, 0.05) is 44.0 Å². The Kier molecular flexibility index (Phi) is 8.91. The first kappa shape index (κ1) is 28.9. The second kappa shape index (κ2) is 12.9. The molecule has 3 N–H and O–H groups in total. The van der Waals surface area contributed by atoms with Crippen molar-refractivity contribution in [2.45, 2.75) is 0 Å². The van der Waals surface area contributed by atoms with Gasteiger partial charge in [-0.05, 0) is 42.9 Å². The highest BCUT2D eigenvalue weighted by Gasteiger charge is 2.29. The van der Waals surface area contributed by atoms with Crippen LogP contribution in [-0.2, 0) is 14.4 Å². The molecule has 0 bridgehead atoms. The van der Waals surface area contributed by atoms with Crippen LogP contribution in [0.1, 0.15) is 31.8 Å². The van der Waals surface area contributed by atoms with E-state index in [2.05, 4.69) is 33.0 Å². The molecule has 11 heteroatoms. The number of fused-ring (bicyclic) bond motifs is 1. The lowest BCUT2D eigenvalue weighted by molar-refractivity contribution is -0.110. The molecule has 5 rings (SSSR count). The highest BCUT2D eigenvalue weighted by Crippen LogP contribution is 2.38. The van der Waals surface area contributed by atoms with Crippen LogP contribution in [0, 0.1) is 5.82 Å². The fourth-order valence-corrected chi connectivity index (χ4v) is 4.89. The fraction of sp³-hybridized carbons (Fsp3) is 0.258. The van der Waals surface area contributed by atoms with Crippen molar-refractivity contribution in [3.8, 4) is 0 Å². The molecule has 2 heterocycles. The summed E-state index contributed by atoms with van der Waals surface area (Å²) in [6.45, 7) is 4.77. The van der Waals surface area contributed by atoms with E-state index in [4.69, 9.17) is 9.57 Å². The maximum atomic E-state index is 15.1. The molecule has 10 nitrogen and oxygen atoms in total. The van der Waals surface area contributed by atoms with Crippen LogP contribution >= 0.6 is 0 Å². The number of nitrogens with one attached hydrogen (secondary N) is 3. The minimum atomic E-state index is -0.753. The number of amides is 2. The Balaban J connectivity index is 1.33. The minimum absolute atomic E-state index is 0.173. The van der Waals surface area contributed by atoms with Crippen molar-refractivity contribution in [1.82, 2.24) is 15.3 Å². The molecule has 3 aromatic carbocycles. The van der Waals surface area contributed by atoms with Crippen molar-refractivity contribution in [2.24, 2.45) is 0 Å². The van der Waals surface area contributed by atoms with Crippen molar-refractivity contribution >= 4 is 40.4 Å². The van der Waals surface area contributed by atoms with E-state index < -0.39 is 17.7 Å². The summed E-state index contributed by atoms with van der Waals surface area (Å²) in [5.41, 5.74) is 5.25. The van der Waals surface area contributed by atoms with Gasteiger partial charge in [0.2, 0.25) is 0 Å². The molecule has 2 aliphatic rings. The lowest BCUT2D eigenvalue weighted by Crippen LogP contribution is -2.45. The van der Waals surface area contributed by atoms with Gasteiger partial charge in [-0.2, -0.15) is 0 Å². The maximum Gasteiger partial charge on any atom is 0.337 e. The molecule has 1 saturated heterocycles. The summed E-state index contributed by atoms with van der Waals surface area (Å²) in [5, 5.41) is 5.97. The molecule has 2 aliphatic heterocycles. The number of nitrogens with zero attached hydrogens (tertiary/aromatic N) is 2. The number of hydrogen-bond acceptors (Lipinski definition) is 8. The van der Waals surface area contributed by atoms with E-state index in [-0.39, 0.29) is 18.1 Å². The van der Waals surface area contributed by atoms with E-state index in [1.165, 1.54) is 19.2 Å². The summed E-state index contributed by atoms with van der Waals surface area (Å²) in [6.07, 6.45) is 0. The van der Waals surface area contributed by atoms with Crippen LogP contribution in [0.2, 0.25) is 0 Å². The van der Waals surface area contributed by atoms with Crippen LogP contribution in [0.3, 0.4) is 0 Å². The summed E-state index contributed by atoms with van der Waals surface area (Å²) in [4.78, 5) is 47.6. The lowest BCUT2D eigenvalue weighted by Gasteiger charge is -2.32. The quantitative estimate of drug-likeness (QED) is 0.155. The molecule has 0 saturated carbocycles. The zero-order valence-electron chi connectivity index (χ0n) is 23.4. The Labute approximate surface area is 243 Å². The summed E-state index contributed by atoms with van der Waals surface area (Å²) >= 11 is 0. The van der Waals surface area contributed by atoms with Crippen LogP contribution in [0.5, 0.6) is 0 Å². The van der Waals surface area contributed by atoms with E-state index in [1.54, 1.807) is 24.3 Å². The van der Waals surface area contributed by atoms with Crippen LogP contribution in [0.15, 0.2) is 66.7 Å². The van der Waals surface area contributed by atoms with Crippen LogP contribution < -0.4 is 16.1 Å². The largest absolute Gasteiger partial charge is 0.465 e. The van der Waals surface area contributed by atoms with Crippen LogP contribution in [-0.4, -0.2) is 81.1 Å². The second-order valence-electron chi connectivity index (χ2n) is 10.1. The van der Waals surface area contributed by atoms with E-state index in [0.29, 0.717) is 45.9 Å². The molecule has 0 aliphatic carbocycles. The number of halogens is 1. The number of anilines is 2. The zero-order chi connectivity index (χ0) is 29.6. The highest BCUT2D eigenvalue weighted by molar-refractivity contribution is 6.37. The number of methoxy groups -OCH3 is 1. The molecular weight excluding hydrogens is 541 g/mol. The summed E-state index contributed by atoms with van der Waals surface area (Å²) in [6, 6.07) is 18.0. The molecule has 0 unspecified atom stereocenters. The molecular formula is C31H32FN5O5. The number of hydrogen-bond donors (Lipinski definition) is 3. The molecule has 0 spiro atoms. The molecule has 0 aromatic heterocycles. The zero-order valence-corrected chi connectivity index (χ0v) is 23.4. The molecule has 0 atom stereocenters. The Morgan fingerprint density at radius 3 is 2.45 bits per heavy atom. The first-order valence-electron chi connectivity index (χ1n) is 13.6. The van der Waals surface area contributed by atoms with Gasteiger partial charge in [0.15, 0.2) is 0 Å². The number of hydroxylamine groups is 1. The molecule has 2 amide bonds. The van der Waals surface area contributed by atoms with E-state index >= 15 is 4.39 Å². The minimum Gasteiger partial charge on any atom is -0.465 e. The number of esters is 1. The topological polar surface area (TPSA) is 112 Å². The number of carbonyl (C=O) groups is 3. The van der Waals surface area contributed by atoms with Crippen molar-refractivity contribution in [3.63, 3.8) is 0 Å². The molecule has 3 aromatic rings. The van der Waals surface area contributed by atoms with Gasteiger partial charge in [0.25, 0.3) is 11.8 Å². The smallest absolute Gasteiger partial charge is 0.337 e. The first-order chi connectivity index (χ1) is 20.3. The monoisotopic (exact) mass is 573 g/mol. The number of ether oxygens (including phenoxy) is 1. The molecule has 0 radical (unpaired) electrons. The standard InChI is InChI=1S/C31H32FN5O5/c1-36-12-14-37(15-13-36)16-17-42-35-29(38)23-11-9-22(19-25(23)32)33-28(20-6-4-3-5-7-20)27-24-10-8-21(31(40)41-2)18-26(24)34-30(27)39/h3-11,18-19,33H,12-17H2,1-2H3,(H,34,39)(H,35,38)/b28-27-. The van der Waals surface area contributed by atoms with Gasteiger partial charge < -0.3 is 20.3 Å². The van der Waals surface area contributed by atoms with Crippen LogP contribution in [0.4, 0.5) is 15.8 Å². The Morgan fingerprint density at radius 2 is 1.74 bits per heavy atom. The average Bonchev–Trinajstić information content (AvgIpc) is 3.33.